The van der Waals surface area contributed by atoms with E-state index in [1.54, 1.807) is 11.3 Å². The molecule has 1 aromatic heterocycles. The summed E-state index contributed by atoms with van der Waals surface area (Å²) in [6.07, 6.45) is 2.26. The van der Waals surface area contributed by atoms with Crippen LogP contribution < -0.4 is 5.73 Å². The van der Waals surface area contributed by atoms with E-state index in [0.29, 0.717) is 0 Å². The minimum atomic E-state index is 0.256. The van der Waals surface area contributed by atoms with Crippen LogP contribution in [-0.2, 0) is 0 Å². The van der Waals surface area contributed by atoms with Gasteiger partial charge in [-0.25, -0.2) is 0 Å². The van der Waals surface area contributed by atoms with E-state index < -0.39 is 0 Å². The van der Waals surface area contributed by atoms with E-state index in [9.17, 15) is 0 Å². The number of aryl methyl sites for hydroxylation is 1. The van der Waals surface area contributed by atoms with Crippen molar-refractivity contribution in [2.24, 2.45) is 5.73 Å². The lowest BCUT2D eigenvalue weighted by Crippen LogP contribution is -2.09. The molecule has 2 N–H and O–H groups in total. The Bertz CT molecular complexity index is 217. The number of hydrogen-bond donors (Lipinski definition) is 1. The Balaban J connectivity index is 2.67. The van der Waals surface area contributed by atoms with Crippen molar-refractivity contribution in [3.8, 4) is 0 Å². The number of nitrogens with two attached hydrogens (primary N) is 1. The zero-order valence-corrected chi connectivity index (χ0v) is 7.95. The van der Waals surface area contributed by atoms with Gasteiger partial charge < -0.3 is 5.73 Å². The third kappa shape index (κ3) is 2.04. The first-order valence-electron chi connectivity index (χ1n) is 4.04. The van der Waals surface area contributed by atoms with E-state index >= 15 is 0 Å². The van der Waals surface area contributed by atoms with Crippen molar-refractivity contribution in [3.05, 3.63) is 21.9 Å². The smallest absolute Gasteiger partial charge is 0.0305 e. The number of rotatable bonds is 3. The second-order valence-electron chi connectivity index (χ2n) is 2.91. The Hall–Kier alpha value is -0.340. The maximum Gasteiger partial charge on any atom is 0.0305 e. The van der Waals surface area contributed by atoms with Crippen LogP contribution in [0, 0.1) is 6.92 Å². The summed E-state index contributed by atoms with van der Waals surface area (Å²) in [5.41, 5.74) is 8.63. The molecule has 0 aliphatic carbocycles. The highest BCUT2D eigenvalue weighted by atomic mass is 32.1. The fourth-order valence-corrected chi connectivity index (χ4v) is 2.13. The summed E-state index contributed by atoms with van der Waals surface area (Å²) in [4.78, 5) is 0. The van der Waals surface area contributed by atoms with Crippen molar-refractivity contribution in [1.29, 1.82) is 0 Å². The number of thiophene rings is 1. The molecule has 0 aliphatic heterocycles. The second-order valence-corrected chi connectivity index (χ2v) is 3.65. The molecule has 0 bridgehead atoms. The molecule has 0 fully saturated rings. The predicted molar refractivity (Wildman–Crippen MR) is 50.9 cm³/mol. The maximum atomic E-state index is 5.96. The van der Waals surface area contributed by atoms with Gasteiger partial charge in [0, 0.05) is 6.04 Å². The summed E-state index contributed by atoms with van der Waals surface area (Å²) >= 11 is 1.74. The van der Waals surface area contributed by atoms with E-state index in [2.05, 4.69) is 24.6 Å². The van der Waals surface area contributed by atoms with Gasteiger partial charge in [0.25, 0.3) is 0 Å². The summed E-state index contributed by atoms with van der Waals surface area (Å²) in [5, 5.41) is 4.32. The fourth-order valence-electron chi connectivity index (χ4n) is 1.22. The molecule has 2 heteroatoms. The molecule has 11 heavy (non-hydrogen) atoms. The molecule has 0 unspecified atom stereocenters. The molecule has 1 nitrogen and oxygen atoms in total. The molecule has 0 amide bonds. The third-order valence-corrected chi connectivity index (χ3v) is 2.77. The van der Waals surface area contributed by atoms with E-state index in [0.717, 1.165) is 12.8 Å². The van der Waals surface area contributed by atoms with Gasteiger partial charge in [0.15, 0.2) is 0 Å². The van der Waals surface area contributed by atoms with Crippen molar-refractivity contribution in [1.82, 2.24) is 0 Å². The van der Waals surface area contributed by atoms with Crippen LogP contribution in [0.3, 0.4) is 0 Å². The molecule has 0 spiro atoms. The van der Waals surface area contributed by atoms with Crippen LogP contribution in [0.15, 0.2) is 10.8 Å². The minimum Gasteiger partial charge on any atom is -0.324 e. The highest BCUT2D eigenvalue weighted by Crippen LogP contribution is 2.22. The largest absolute Gasteiger partial charge is 0.324 e. The van der Waals surface area contributed by atoms with E-state index in [1.165, 1.54) is 11.1 Å². The summed E-state index contributed by atoms with van der Waals surface area (Å²) in [6.45, 7) is 4.29. The van der Waals surface area contributed by atoms with Gasteiger partial charge in [0.1, 0.15) is 0 Å². The molecule has 0 radical (unpaired) electrons. The first kappa shape index (κ1) is 8.75. The van der Waals surface area contributed by atoms with Gasteiger partial charge in [-0.2, -0.15) is 11.3 Å². The lowest BCUT2D eigenvalue weighted by Gasteiger charge is -2.08. The zero-order valence-electron chi connectivity index (χ0n) is 7.13. The number of hydrogen-bond acceptors (Lipinski definition) is 2. The van der Waals surface area contributed by atoms with E-state index in [4.69, 9.17) is 5.73 Å². The molecule has 1 rings (SSSR count). The van der Waals surface area contributed by atoms with Crippen LogP contribution in [0.25, 0.3) is 0 Å². The Kier molecular flexibility index (Phi) is 3.09. The van der Waals surface area contributed by atoms with Gasteiger partial charge in [-0.15, -0.1) is 0 Å². The van der Waals surface area contributed by atoms with Gasteiger partial charge in [0.05, 0.1) is 0 Å². The van der Waals surface area contributed by atoms with Crippen LogP contribution in [0.5, 0.6) is 0 Å². The quantitative estimate of drug-likeness (QED) is 0.739. The van der Waals surface area contributed by atoms with Crippen LogP contribution in [0.1, 0.15) is 36.9 Å². The molecular formula is C9H15NS. The lowest BCUT2D eigenvalue weighted by molar-refractivity contribution is 0.637. The highest BCUT2D eigenvalue weighted by Gasteiger charge is 2.07. The van der Waals surface area contributed by atoms with E-state index in [1.807, 2.05) is 0 Å². The SMILES string of the molecule is CCC[C@@H](N)c1cscc1C. The second kappa shape index (κ2) is 3.88. The molecule has 0 saturated heterocycles. The molecular weight excluding hydrogens is 154 g/mol. The maximum absolute atomic E-state index is 5.96. The predicted octanol–water partition coefficient (Wildman–Crippen LogP) is 2.86. The van der Waals surface area contributed by atoms with E-state index in [-0.39, 0.29) is 6.04 Å². The van der Waals surface area contributed by atoms with Gasteiger partial charge in [-0.1, -0.05) is 13.3 Å². The monoisotopic (exact) mass is 169 g/mol. The van der Waals surface area contributed by atoms with Gasteiger partial charge in [-0.05, 0) is 35.2 Å². The Morgan fingerprint density at radius 3 is 2.73 bits per heavy atom. The first-order chi connectivity index (χ1) is 5.25. The summed E-state index contributed by atoms with van der Waals surface area (Å²) in [6, 6.07) is 0.256. The zero-order chi connectivity index (χ0) is 8.27. The average molecular weight is 169 g/mol. The van der Waals surface area contributed by atoms with Gasteiger partial charge >= 0.3 is 0 Å². The fraction of sp³-hybridized carbons (Fsp3) is 0.556. The molecule has 0 saturated carbocycles. The minimum absolute atomic E-state index is 0.256. The van der Waals surface area contributed by atoms with Gasteiger partial charge in [-0.3, -0.25) is 0 Å². The summed E-state index contributed by atoms with van der Waals surface area (Å²) in [5.74, 6) is 0. The highest BCUT2D eigenvalue weighted by molar-refractivity contribution is 7.08. The summed E-state index contributed by atoms with van der Waals surface area (Å²) in [7, 11) is 0. The van der Waals surface area contributed by atoms with Crippen molar-refractivity contribution in [2.75, 3.05) is 0 Å². The van der Waals surface area contributed by atoms with Crippen molar-refractivity contribution in [2.45, 2.75) is 32.7 Å². The van der Waals surface area contributed by atoms with Crippen LogP contribution in [0.2, 0.25) is 0 Å². The van der Waals surface area contributed by atoms with Crippen LogP contribution >= 0.6 is 11.3 Å². The van der Waals surface area contributed by atoms with Crippen LogP contribution in [0.4, 0.5) is 0 Å². The Labute approximate surface area is 72.2 Å². The van der Waals surface area contributed by atoms with Crippen molar-refractivity contribution >= 4 is 11.3 Å². The van der Waals surface area contributed by atoms with Crippen LogP contribution in [-0.4, -0.2) is 0 Å². The average Bonchev–Trinajstić information content (AvgIpc) is 2.36. The topological polar surface area (TPSA) is 26.0 Å². The molecule has 1 atom stereocenters. The molecule has 62 valence electrons. The standard InChI is InChI=1S/C9H15NS/c1-3-4-9(10)8-6-11-5-7(8)2/h5-6,9H,3-4,10H2,1-2H3/t9-/m1/s1. The molecule has 0 aliphatic rings. The normalized spacial score (nSPS) is 13.4. The van der Waals surface area contributed by atoms with Gasteiger partial charge in [0.2, 0.25) is 0 Å². The Morgan fingerprint density at radius 2 is 2.27 bits per heavy atom. The Morgan fingerprint density at radius 1 is 1.55 bits per heavy atom. The third-order valence-electron chi connectivity index (χ3n) is 1.89. The lowest BCUT2D eigenvalue weighted by atomic mass is 10.0. The molecule has 1 aromatic rings. The molecule has 0 aromatic carbocycles. The van der Waals surface area contributed by atoms with Crippen molar-refractivity contribution < 1.29 is 0 Å². The van der Waals surface area contributed by atoms with Crippen molar-refractivity contribution in [3.63, 3.8) is 0 Å². The summed E-state index contributed by atoms with van der Waals surface area (Å²) < 4.78 is 0. The molecule has 1 heterocycles. The first-order valence-corrected chi connectivity index (χ1v) is 4.98.